The minimum atomic E-state index is -1.26. The summed E-state index contributed by atoms with van der Waals surface area (Å²) < 4.78 is 26.5. The number of hydrogen-bond acceptors (Lipinski definition) is 7. The number of benzene rings is 1. The van der Waals surface area contributed by atoms with Gasteiger partial charge in [0.05, 0.1) is 18.2 Å². The number of likely N-dealkylation sites (N-methyl/N-ethyl adjacent to an activating group) is 1. The predicted molar refractivity (Wildman–Crippen MR) is 90.1 cm³/mol. The van der Waals surface area contributed by atoms with Crippen molar-refractivity contribution in [2.45, 2.75) is 30.8 Å². The number of nitrogens with two attached hydrogens (primary N) is 1. The lowest BCUT2D eigenvalue weighted by molar-refractivity contribution is -0.0232. The molecule has 140 valence electrons. The number of hydrogen-bond donors (Lipinski definition) is 4. The van der Waals surface area contributed by atoms with E-state index in [2.05, 4.69) is 9.97 Å². The minimum absolute atomic E-state index is 0.0701. The Labute approximate surface area is 148 Å². The third-order valence-electron chi connectivity index (χ3n) is 4.91. The molecule has 0 bridgehead atoms. The van der Waals surface area contributed by atoms with Crippen LogP contribution in [-0.2, 0) is 0 Å². The van der Waals surface area contributed by atoms with Gasteiger partial charge in [0, 0.05) is 19.2 Å². The smallest absolute Gasteiger partial charge is 0.221 e. The lowest BCUT2D eigenvalue weighted by atomic mass is 9.92. The second-order valence-electron chi connectivity index (χ2n) is 6.45. The van der Waals surface area contributed by atoms with Gasteiger partial charge in [-0.2, -0.15) is 4.98 Å². The maximum atomic E-state index is 13.4. The molecule has 1 aliphatic carbocycles. The molecular weight excluding hydrogens is 346 g/mol. The quantitative estimate of drug-likeness (QED) is 0.627. The molecule has 1 aromatic carbocycles. The summed E-state index contributed by atoms with van der Waals surface area (Å²) in [6.45, 7) is 0. The highest BCUT2D eigenvalue weighted by molar-refractivity contribution is 5.42. The monoisotopic (exact) mass is 366 g/mol. The summed E-state index contributed by atoms with van der Waals surface area (Å²) in [5.74, 6) is -2.34. The standard InChI is InChI=1S/C17H20F2N4O3/c1-23(13-4-5-21-17(20)22-13)12-7-9(15(25)16(12)26)14(24)8-2-3-10(18)11(19)6-8/h2-6,9,12,14-16,24-26H,7H2,1H3,(H2,20,21,22)/t9?,12?,14?,15-,16+/m1/s1. The number of aliphatic hydroxyl groups is 3. The lowest BCUT2D eigenvalue weighted by Crippen LogP contribution is -2.42. The van der Waals surface area contributed by atoms with Crippen LogP contribution in [0.1, 0.15) is 18.1 Å². The molecule has 9 heteroatoms. The molecule has 26 heavy (non-hydrogen) atoms. The molecular formula is C17H20F2N4O3. The number of halogens is 2. The highest BCUT2D eigenvalue weighted by Gasteiger charge is 2.47. The van der Waals surface area contributed by atoms with Gasteiger partial charge in [-0.1, -0.05) is 6.07 Å². The molecule has 0 spiro atoms. The molecule has 3 unspecified atom stereocenters. The van der Waals surface area contributed by atoms with Crippen molar-refractivity contribution in [3.05, 3.63) is 47.7 Å². The summed E-state index contributed by atoms with van der Waals surface area (Å²) in [6, 6.07) is 4.11. The zero-order valence-corrected chi connectivity index (χ0v) is 14.0. The molecule has 7 nitrogen and oxygen atoms in total. The molecule has 1 fully saturated rings. The molecule has 5 N–H and O–H groups in total. The molecule has 0 amide bonds. The SMILES string of the molecule is CN(c1ccnc(N)n1)C1CC(C(O)c2ccc(F)c(F)c2)[C@@H](O)[C@H]1O. The van der Waals surface area contributed by atoms with Crippen molar-refractivity contribution in [3.8, 4) is 0 Å². The second-order valence-corrected chi connectivity index (χ2v) is 6.45. The predicted octanol–water partition coefficient (Wildman–Crippen LogP) is 0.617. The molecule has 2 aromatic rings. The zero-order chi connectivity index (χ0) is 19.0. The van der Waals surface area contributed by atoms with Gasteiger partial charge < -0.3 is 26.0 Å². The van der Waals surface area contributed by atoms with E-state index in [1.165, 1.54) is 12.3 Å². The maximum Gasteiger partial charge on any atom is 0.221 e. The first-order chi connectivity index (χ1) is 12.3. The van der Waals surface area contributed by atoms with E-state index in [0.29, 0.717) is 5.82 Å². The lowest BCUT2D eigenvalue weighted by Gasteiger charge is -2.28. The molecule has 0 saturated heterocycles. The number of nitrogens with zero attached hydrogens (tertiary/aromatic N) is 3. The van der Waals surface area contributed by atoms with Crippen molar-refractivity contribution in [1.29, 1.82) is 0 Å². The van der Waals surface area contributed by atoms with E-state index in [0.717, 1.165) is 12.1 Å². The fraction of sp³-hybridized carbons (Fsp3) is 0.412. The number of aromatic nitrogens is 2. The van der Waals surface area contributed by atoms with Crippen LogP contribution in [0, 0.1) is 17.6 Å². The largest absolute Gasteiger partial charge is 0.390 e. The van der Waals surface area contributed by atoms with Crippen molar-refractivity contribution in [2.24, 2.45) is 5.92 Å². The minimum Gasteiger partial charge on any atom is -0.390 e. The topological polar surface area (TPSA) is 116 Å². The molecule has 5 atom stereocenters. The van der Waals surface area contributed by atoms with E-state index in [9.17, 15) is 24.1 Å². The van der Waals surface area contributed by atoms with Crippen molar-refractivity contribution in [1.82, 2.24) is 9.97 Å². The van der Waals surface area contributed by atoms with E-state index in [1.807, 2.05) is 0 Å². The Morgan fingerprint density at radius 2 is 1.92 bits per heavy atom. The van der Waals surface area contributed by atoms with Crippen LogP contribution in [0.15, 0.2) is 30.5 Å². The van der Waals surface area contributed by atoms with Crippen LogP contribution in [0.5, 0.6) is 0 Å². The van der Waals surface area contributed by atoms with Crippen LogP contribution in [0.25, 0.3) is 0 Å². The average Bonchev–Trinajstić information content (AvgIpc) is 2.91. The molecule has 0 aliphatic heterocycles. The summed E-state index contributed by atoms with van der Waals surface area (Å²) in [5.41, 5.74) is 5.70. The van der Waals surface area contributed by atoms with Crippen LogP contribution in [0.2, 0.25) is 0 Å². The summed E-state index contributed by atoms with van der Waals surface area (Å²) in [7, 11) is 1.68. The number of rotatable bonds is 4. The Morgan fingerprint density at radius 1 is 1.19 bits per heavy atom. The maximum absolute atomic E-state index is 13.4. The summed E-state index contributed by atoms with van der Waals surface area (Å²) >= 11 is 0. The van der Waals surface area contributed by atoms with Gasteiger partial charge in [-0.15, -0.1) is 0 Å². The van der Waals surface area contributed by atoms with E-state index in [1.54, 1.807) is 18.0 Å². The van der Waals surface area contributed by atoms with E-state index < -0.39 is 41.9 Å². The van der Waals surface area contributed by atoms with Gasteiger partial charge in [0.1, 0.15) is 11.9 Å². The van der Waals surface area contributed by atoms with E-state index >= 15 is 0 Å². The van der Waals surface area contributed by atoms with Crippen molar-refractivity contribution < 1.29 is 24.1 Å². The summed E-state index contributed by atoms with van der Waals surface area (Å²) in [4.78, 5) is 9.52. The van der Waals surface area contributed by atoms with E-state index in [4.69, 9.17) is 5.73 Å². The van der Waals surface area contributed by atoms with Gasteiger partial charge in [0.25, 0.3) is 0 Å². The molecule has 1 saturated carbocycles. The molecule has 1 aromatic heterocycles. The molecule has 3 rings (SSSR count). The van der Waals surface area contributed by atoms with Gasteiger partial charge in [0.15, 0.2) is 11.6 Å². The van der Waals surface area contributed by atoms with Gasteiger partial charge in [0.2, 0.25) is 5.95 Å². The second kappa shape index (κ2) is 7.10. The third-order valence-corrected chi connectivity index (χ3v) is 4.91. The Bertz CT molecular complexity index is 794. The van der Waals surface area contributed by atoms with Crippen molar-refractivity contribution in [3.63, 3.8) is 0 Å². The van der Waals surface area contributed by atoms with Crippen LogP contribution in [0.3, 0.4) is 0 Å². The Balaban J connectivity index is 1.81. The number of nitrogen functional groups attached to an aromatic ring is 1. The van der Waals surface area contributed by atoms with Crippen LogP contribution >= 0.6 is 0 Å². The van der Waals surface area contributed by atoms with Gasteiger partial charge in [-0.05, 0) is 30.2 Å². The Morgan fingerprint density at radius 3 is 2.58 bits per heavy atom. The van der Waals surface area contributed by atoms with Crippen LogP contribution in [-0.4, -0.2) is 50.6 Å². The van der Waals surface area contributed by atoms with Crippen LogP contribution in [0.4, 0.5) is 20.5 Å². The highest BCUT2D eigenvalue weighted by Crippen LogP contribution is 2.39. The van der Waals surface area contributed by atoms with Crippen molar-refractivity contribution in [2.75, 3.05) is 17.7 Å². The first-order valence-corrected chi connectivity index (χ1v) is 8.10. The zero-order valence-electron chi connectivity index (χ0n) is 14.0. The normalized spacial score (nSPS) is 26.7. The summed E-state index contributed by atoms with van der Waals surface area (Å²) in [6.07, 6.45) is -1.99. The summed E-state index contributed by atoms with van der Waals surface area (Å²) in [5, 5.41) is 31.3. The van der Waals surface area contributed by atoms with Crippen molar-refractivity contribution >= 4 is 11.8 Å². The fourth-order valence-corrected chi connectivity index (χ4v) is 3.42. The van der Waals surface area contributed by atoms with Gasteiger partial charge in [-0.3, -0.25) is 0 Å². The molecule has 1 aliphatic rings. The number of aliphatic hydroxyl groups excluding tert-OH is 3. The average molecular weight is 366 g/mol. The fourth-order valence-electron chi connectivity index (χ4n) is 3.42. The Hall–Kier alpha value is -2.36. The van der Waals surface area contributed by atoms with Gasteiger partial charge >= 0.3 is 0 Å². The van der Waals surface area contributed by atoms with Crippen LogP contribution < -0.4 is 10.6 Å². The third kappa shape index (κ3) is 3.33. The number of anilines is 2. The van der Waals surface area contributed by atoms with Gasteiger partial charge in [-0.25, -0.2) is 13.8 Å². The first-order valence-electron chi connectivity index (χ1n) is 8.10. The highest BCUT2D eigenvalue weighted by atomic mass is 19.2. The molecule has 1 heterocycles. The van der Waals surface area contributed by atoms with E-state index in [-0.39, 0.29) is 17.9 Å². The first kappa shape index (κ1) is 18.4. The Kier molecular flexibility index (Phi) is 5.03. The molecule has 0 radical (unpaired) electrons.